The smallest absolute Gasteiger partial charge is 0.326 e. The summed E-state index contributed by atoms with van der Waals surface area (Å²) < 4.78 is 0. The largest absolute Gasteiger partial charge is 0.480 e. The van der Waals surface area contributed by atoms with E-state index in [9.17, 15) is 14.7 Å². The van der Waals surface area contributed by atoms with Gasteiger partial charge in [0.1, 0.15) is 6.04 Å². The molecule has 2 unspecified atom stereocenters. The molecule has 4 heteroatoms. The van der Waals surface area contributed by atoms with Crippen LogP contribution < -0.4 is 0 Å². The van der Waals surface area contributed by atoms with E-state index in [1.165, 1.54) is 0 Å². The highest BCUT2D eigenvalue weighted by Crippen LogP contribution is 2.40. The lowest BCUT2D eigenvalue weighted by atomic mass is 9.84. The molecule has 2 atom stereocenters. The van der Waals surface area contributed by atoms with Gasteiger partial charge in [-0.25, -0.2) is 4.79 Å². The van der Waals surface area contributed by atoms with Gasteiger partial charge in [-0.05, 0) is 31.6 Å². The first kappa shape index (κ1) is 13.4. The Hall–Kier alpha value is -1.06. The molecule has 2 fully saturated rings. The van der Waals surface area contributed by atoms with Crippen LogP contribution in [0.1, 0.15) is 52.4 Å². The van der Waals surface area contributed by atoms with Crippen molar-refractivity contribution in [2.75, 3.05) is 6.54 Å². The summed E-state index contributed by atoms with van der Waals surface area (Å²) in [4.78, 5) is 25.6. The molecule has 0 aromatic heterocycles. The molecular weight excluding hydrogens is 230 g/mol. The van der Waals surface area contributed by atoms with Gasteiger partial charge in [0.25, 0.3) is 0 Å². The molecule has 0 aromatic carbocycles. The number of carboxylic acids is 1. The van der Waals surface area contributed by atoms with E-state index >= 15 is 0 Å². The fourth-order valence-electron chi connectivity index (χ4n) is 3.33. The average molecular weight is 253 g/mol. The summed E-state index contributed by atoms with van der Waals surface area (Å²) in [5.41, 5.74) is -0.311. The van der Waals surface area contributed by atoms with Gasteiger partial charge in [0.2, 0.25) is 5.91 Å². The summed E-state index contributed by atoms with van der Waals surface area (Å²) >= 11 is 0. The Morgan fingerprint density at radius 3 is 2.44 bits per heavy atom. The zero-order chi connectivity index (χ0) is 13.3. The van der Waals surface area contributed by atoms with Crippen molar-refractivity contribution < 1.29 is 14.7 Å². The second kappa shape index (κ2) is 4.90. The summed E-state index contributed by atoms with van der Waals surface area (Å²) in [7, 11) is 0. The maximum Gasteiger partial charge on any atom is 0.326 e. The number of hydrogen-bond acceptors (Lipinski definition) is 2. The van der Waals surface area contributed by atoms with Crippen molar-refractivity contribution in [2.24, 2.45) is 11.3 Å². The van der Waals surface area contributed by atoms with E-state index in [0.717, 1.165) is 32.1 Å². The first-order valence-corrected chi connectivity index (χ1v) is 6.98. The number of carbonyl (C=O) groups excluding carboxylic acids is 1. The highest BCUT2D eigenvalue weighted by Gasteiger charge is 2.44. The van der Waals surface area contributed by atoms with E-state index in [-0.39, 0.29) is 11.3 Å². The SMILES string of the molecule is CC1CCN(C(=O)C2(C)CCCC2)C(C(=O)O)C1. The van der Waals surface area contributed by atoms with Gasteiger partial charge in [-0.2, -0.15) is 0 Å². The average Bonchev–Trinajstić information content (AvgIpc) is 2.76. The molecule has 1 aliphatic heterocycles. The molecule has 102 valence electrons. The molecule has 0 bridgehead atoms. The van der Waals surface area contributed by atoms with Gasteiger partial charge in [0, 0.05) is 12.0 Å². The van der Waals surface area contributed by atoms with Crippen LogP contribution in [0.3, 0.4) is 0 Å². The highest BCUT2D eigenvalue weighted by molar-refractivity contribution is 5.87. The van der Waals surface area contributed by atoms with Gasteiger partial charge in [-0.3, -0.25) is 4.79 Å². The molecule has 1 amide bonds. The number of carbonyl (C=O) groups is 2. The Labute approximate surface area is 108 Å². The van der Waals surface area contributed by atoms with Gasteiger partial charge in [-0.15, -0.1) is 0 Å². The van der Waals surface area contributed by atoms with E-state index in [0.29, 0.717) is 18.9 Å². The minimum Gasteiger partial charge on any atom is -0.480 e. The predicted molar refractivity (Wildman–Crippen MR) is 68.1 cm³/mol. The normalized spacial score (nSPS) is 31.3. The summed E-state index contributed by atoms with van der Waals surface area (Å²) in [6.45, 7) is 4.67. The van der Waals surface area contributed by atoms with Gasteiger partial charge in [0.15, 0.2) is 0 Å². The molecule has 0 spiro atoms. The second-order valence-electron chi connectivity index (χ2n) is 6.25. The Morgan fingerprint density at radius 2 is 1.89 bits per heavy atom. The quantitative estimate of drug-likeness (QED) is 0.821. The van der Waals surface area contributed by atoms with Crippen LogP contribution in [0.2, 0.25) is 0 Å². The van der Waals surface area contributed by atoms with Gasteiger partial charge >= 0.3 is 5.97 Å². The fourth-order valence-corrected chi connectivity index (χ4v) is 3.33. The zero-order valence-corrected chi connectivity index (χ0v) is 11.3. The monoisotopic (exact) mass is 253 g/mol. The first-order valence-electron chi connectivity index (χ1n) is 6.98. The molecule has 1 saturated carbocycles. The van der Waals surface area contributed by atoms with E-state index < -0.39 is 12.0 Å². The molecule has 0 radical (unpaired) electrons. The lowest BCUT2D eigenvalue weighted by Crippen LogP contribution is -2.53. The van der Waals surface area contributed by atoms with Crippen LogP contribution in [0.15, 0.2) is 0 Å². The topological polar surface area (TPSA) is 57.6 Å². The maximum absolute atomic E-state index is 12.6. The Kier molecular flexibility index (Phi) is 3.64. The van der Waals surface area contributed by atoms with E-state index in [2.05, 4.69) is 6.92 Å². The number of piperidine rings is 1. The number of amides is 1. The lowest BCUT2D eigenvalue weighted by molar-refractivity contribution is -0.157. The van der Waals surface area contributed by atoms with Crippen LogP contribution in [0.4, 0.5) is 0 Å². The van der Waals surface area contributed by atoms with Gasteiger partial charge in [-0.1, -0.05) is 26.7 Å². The van der Waals surface area contributed by atoms with Crippen LogP contribution in [-0.2, 0) is 9.59 Å². The van der Waals surface area contributed by atoms with Gasteiger partial charge < -0.3 is 10.0 Å². The summed E-state index contributed by atoms with van der Waals surface area (Å²) in [5.74, 6) is -0.387. The second-order valence-corrected chi connectivity index (χ2v) is 6.25. The highest BCUT2D eigenvalue weighted by atomic mass is 16.4. The van der Waals surface area contributed by atoms with E-state index in [1.54, 1.807) is 4.90 Å². The summed E-state index contributed by atoms with van der Waals surface area (Å²) in [5, 5.41) is 9.31. The molecular formula is C14H23NO3. The Morgan fingerprint density at radius 1 is 1.28 bits per heavy atom. The molecule has 1 saturated heterocycles. The predicted octanol–water partition coefficient (Wildman–Crippen LogP) is 2.28. The third kappa shape index (κ3) is 2.38. The molecule has 1 aliphatic carbocycles. The first-order chi connectivity index (χ1) is 8.44. The number of hydrogen-bond donors (Lipinski definition) is 1. The van der Waals surface area contributed by atoms with Crippen molar-refractivity contribution in [2.45, 2.75) is 58.4 Å². The van der Waals surface area contributed by atoms with Crippen molar-refractivity contribution in [1.82, 2.24) is 4.90 Å². The minimum absolute atomic E-state index is 0.0688. The molecule has 0 aromatic rings. The van der Waals surface area contributed by atoms with Crippen molar-refractivity contribution in [3.63, 3.8) is 0 Å². The van der Waals surface area contributed by atoms with Crippen molar-refractivity contribution in [3.05, 3.63) is 0 Å². The Bertz CT molecular complexity index is 347. The standard InChI is InChI=1S/C14H23NO3/c1-10-5-8-15(11(9-10)12(16)17)13(18)14(2)6-3-4-7-14/h10-11H,3-9H2,1-2H3,(H,16,17). The van der Waals surface area contributed by atoms with Gasteiger partial charge in [0.05, 0.1) is 0 Å². The molecule has 1 heterocycles. The van der Waals surface area contributed by atoms with Crippen LogP contribution in [0.5, 0.6) is 0 Å². The maximum atomic E-state index is 12.6. The number of carboxylic acid groups (broad SMARTS) is 1. The number of aliphatic carboxylic acids is 1. The third-order valence-corrected chi connectivity index (χ3v) is 4.63. The summed E-state index contributed by atoms with van der Waals surface area (Å²) in [6, 6.07) is -0.612. The van der Waals surface area contributed by atoms with Crippen LogP contribution in [0, 0.1) is 11.3 Å². The van der Waals surface area contributed by atoms with Crippen molar-refractivity contribution >= 4 is 11.9 Å². The van der Waals surface area contributed by atoms with E-state index in [4.69, 9.17) is 0 Å². The summed E-state index contributed by atoms with van der Waals surface area (Å²) in [6.07, 6.45) is 5.51. The number of nitrogens with zero attached hydrogens (tertiary/aromatic N) is 1. The van der Waals surface area contributed by atoms with Crippen molar-refractivity contribution in [1.29, 1.82) is 0 Å². The van der Waals surface area contributed by atoms with Crippen LogP contribution in [-0.4, -0.2) is 34.5 Å². The molecule has 2 aliphatic rings. The number of rotatable bonds is 2. The molecule has 1 N–H and O–H groups in total. The lowest BCUT2D eigenvalue weighted by Gasteiger charge is -2.40. The number of likely N-dealkylation sites (tertiary alicyclic amines) is 1. The van der Waals surface area contributed by atoms with Crippen LogP contribution >= 0.6 is 0 Å². The third-order valence-electron chi connectivity index (χ3n) is 4.63. The van der Waals surface area contributed by atoms with E-state index in [1.807, 2.05) is 6.92 Å². The zero-order valence-electron chi connectivity index (χ0n) is 11.3. The Balaban J connectivity index is 2.14. The van der Waals surface area contributed by atoms with Crippen molar-refractivity contribution in [3.8, 4) is 0 Å². The molecule has 18 heavy (non-hydrogen) atoms. The fraction of sp³-hybridized carbons (Fsp3) is 0.857. The molecule has 4 nitrogen and oxygen atoms in total. The molecule has 2 rings (SSSR count). The minimum atomic E-state index is -0.850. The van der Waals surface area contributed by atoms with Crippen LogP contribution in [0.25, 0.3) is 0 Å².